The number of nitrogens with two attached hydrogens (primary N) is 1. The fourth-order valence-corrected chi connectivity index (χ4v) is 1.93. The Hall–Kier alpha value is -1.82. The van der Waals surface area contributed by atoms with E-state index in [0.29, 0.717) is 22.8 Å². The van der Waals surface area contributed by atoms with Gasteiger partial charge in [0.05, 0.1) is 11.4 Å². The number of rotatable bonds is 2. The van der Waals surface area contributed by atoms with Crippen LogP contribution in [-0.2, 0) is 7.05 Å². The molecule has 0 fully saturated rings. The minimum Gasteiger partial charge on any atom is -0.395 e. The Labute approximate surface area is 113 Å². The number of hydrogen-bond acceptors (Lipinski definition) is 3. The van der Waals surface area contributed by atoms with E-state index < -0.39 is 0 Å². The first kappa shape index (κ1) is 12.6. The molecule has 2 aromatic rings. The van der Waals surface area contributed by atoms with Gasteiger partial charge in [-0.05, 0) is 31.2 Å². The summed E-state index contributed by atoms with van der Waals surface area (Å²) in [6.45, 7) is 1.77. The van der Waals surface area contributed by atoms with Gasteiger partial charge >= 0.3 is 0 Å². The molecule has 0 aliphatic heterocycles. The van der Waals surface area contributed by atoms with Crippen molar-refractivity contribution in [1.82, 2.24) is 9.78 Å². The van der Waals surface area contributed by atoms with Gasteiger partial charge in [-0.1, -0.05) is 15.9 Å². The van der Waals surface area contributed by atoms with Gasteiger partial charge in [0.2, 0.25) is 0 Å². The number of halogens is 1. The molecule has 2 rings (SSSR count). The quantitative estimate of drug-likeness (QED) is 0.894. The maximum absolute atomic E-state index is 12.1. The summed E-state index contributed by atoms with van der Waals surface area (Å²) in [7, 11) is 1.69. The monoisotopic (exact) mass is 308 g/mol. The summed E-state index contributed by atoms with van der Waals surface area (Å²) in [5, 5.41) is 6.89. The summed E-state index contributed by atoms with van der Waals surface area (Å²) >= 11 is 3.34. The molecular formula is C12H13BrN4O. The van der Waals surface area contributed by atoms with Crippen molar-refractivity contribution in [2.24, 2.45) is 7.05 Å². The Balaban J connectivity index is 2.24. The maximum atomic E-state index is 12.1. The number of nitrogens with one attached hydrogen (secondary N) is 1. The fourth-order valence-electron chi connectivity index (χ4n) is 1.67. The molecule has 0 aliphatic rings. The van der Waals surface area contributed by atoms with E-state index in [-0.39, 0.29) is 5.91 Å². The Bertz CT molecular complexity index is 589. The highest BCUT2D eigenvalue weighted by molar-refractivity contribution is 9.10. The summed E-state index contributed by atoms with van der Waals surface area (Å²) in [4.78, 5) is 12.1. The lowest BCUT2D eigenvalue weighted by atomic mass is 10.2. The van der Waals surface area contributed by atoms with Crippen LogP contribution >= 0.6 is 15.9 Å². The van der Waals surface area contributed by atoms with Crippen molar-refractivity contribution in [3.05, 3.63) is 40.1 Å². The summed E-state index contributed by atoms with van der Waals surface area (Å²) < 4.78 is 2.44. The molecule has 0 saturated heterocycles. The standard InChI is InChI=1S/C12H13BrN4O/c1-7-10(14)11(17(2)16-7)12(18)15-9-5-3-8(13)4-6-9/h3-6H,14H2,1-2H3,(H,15,18). The smallest absolute Gasteiger partial charge is 0.276 e. The molecule has 3 N–H and O–H groups in total. The van der Waals surface area contributed by atoms with Gasteiger partial charge in [0.25, 0.3) is 5.91 Å². The van der Waals surface area contributed by atoms with Crippen LogP contribution in [0, 0.1) is 6.92 Å². The summed E-state index contributed by atoms with van der Waals surface area (Å²) in [6, 6.07) is 7.32. The van der Waals surface area contributed by atoms with Crippen LogP contribution in [0.25, 0.3) is 0 Å². The second-order valence-corrected chi connectivity index (χ2v) is 4.85. The number of aromatic nitrogens is 2. The van der Waals surface area contributed by atoms with Gasteiger partial charge in [0, 0.05) is 17.2 Å². The third-order valence-electron chi connectivity index (χ3n) is 2.59. The van der Waals surface area contributed by atoms with Crippen molar-refractivity contribution in [2.45, 2.75) is 6.92 Å². The third-order valence-corrected chi connectivity index (χ3v) is 3.11. The fraction of sp³-hybridized carbons (Fsp3) is 0.167. The van der Waals surface area contributed by atoms with E-state index >= 15 is 0 Å². The molecule has 18 heavy (non-hydrogen) atoms. The van der Waals surface area contributed by atoms with Crippen LogP contribution in [0.3, 0.4) is 0 Å². The van der Waals surface area contributed by atoms with E-state index in [9.17, 15) is 4.79 Å². The number of nitrogen functional groups attached to an aromatic ring is 1. The number of anilines is 2. The van der Waals surface area contributed by atoms with E-state index in [1.54, 1.807) is 26.1 Å². The van der Waals surface area contributed by atoms with Gasteiger partial charge in [-0.3, -0.25) is 9.48 Å². The lowest BCUT2D eigenvalue weighted by Gasteiger charge is -2.06. The average molecular weight is 309 g/mol. The normalized spacial score (nSPS) is 10.4. The van der Waals surface area contributed by atoms with Crippen LogP contribution in [-0.4, -0.2) is 15.7 Å². The SMILES string of the molecule is Cc1nn(C)c(C(=O)Nc2ccc(Br)cc2)c1N. The van der Waals surface area contributed by atoms with E-state index in [1.807, 2.05) is 12.1 Å². The molecule has 0 atom stereocenters. The molecule has 0 saturated carbocycles. The number of aryl methyl sites for hydroxylation is 2. The van der Waals surface area contributed by atoms with Crippen LogP contribution in [0.15, 0.2) is 28.7 Å². The van der Waals surface area contributed by atoms with E-state index in [0.717, 1.165) is 4.47 Å². The first-order valence-electron chi connectivity index (χ1n) is 5.35. The minimum absolute atomic E-state index is 0.266. The molecule has 5 nitrogen and oxygen atoms in total. The molecule has 1 aromatic carbocycles. The largest absolute Gasteiger partial charge is 0.395 e. The Morgan fingerprint density at radius 3 is 2.50 bits per heavy atom. The molecule has 0 spiro atoms. The van der Waals surface area contributed by atoms with Gasteiger partial charge in [0.15, 0.2) is 0 Å². The van der Waals surface area contributed by atoms with Crippen molar-refractivity contribution < 1.29 is 4.79 Å². The number of carbonyl (C=O) groups is 1. The molecular weight excluding hydrogens is 296 g/mol. The summed E-state index contributed by atoms with van der Waals surface area (Å²) in [5.41, 5.74) is 7.97. The zero-order chi connectivity index (χ0) is 13.3. The minimum atomic E-state index is -0.266. The average Bonchev–Trinajstić information content (AvgIpc) is 2.56. The van der Waals surface area contributed by atoms with E-state index in [2.05, 4.69) is 26.3 Å². The zero-order valence-corrected chi connectivity index (χ0v) is 11.7. The highest BCUT2D eigenvalue weighted by Gasteiger charge is 2.17. The van der Waals surface area contributed by atoms with Gasteiger partial charge in [-0.2, -0.15) is 5.10 Å². The van der Waals surface area contributed by atoms with Gasteiger partial charge in [0.1, 0.15) is 5.69 Å². The Morgan fingerprint density at radius 1 is 1.39 bits per heavy atom. The molecule has 0 radical (unpaired) electrons. The molecule has 0 aliphatic carbocycles. The zero-order valence-electron chi connectivity index (χ0n) is 10.1. The molecule has 1 amide bonds. The van der Waals surface area contributed by atoms with Crippen molar-refractivity contribution in [1.29, 1.82) is 0 Å². The number of amides is 1. The van der Waals surface area contributed by atoms with Crippen LogP contribution in [0.2, 0.25) is 0 Å². The van der Waals surface area contributed by atoms with Crippen molar-refractivity contribution in [3.63, 3.8) is 0 Å². The topological polar surface area (TPSA) is 72.9 Å². The summed E-state index contributed by atoms with van der Waals surface area (Å²) in [6.07, 6.45) is 0. The van der Waals surface area contributed by atoms with Crippen LogP contribution in [0.1, 0.15) is 16.2 Å². The molecule has 1 heterocycles. The van der Waals surface area contributed by atoms with Crippen LogP contribution < -0.4 is 11.1 Å². The van der Waals surface area contributed by atoms with Crippen molar-refractivity contribution in [3.8, 4) is 0 Å². The molecule has 1 aromatic heterocycles. The molecule has 6 heteroatoms. The molecule has 0 unspecified atom stereocenters. The number of nitrogens with zero attached hydrogens (tertiary/aromatic N) is 2. The summed E-state index contributed by atoms with van der Waals surface area (Å²) in [5.74, 6) is -0.266. The molecule has 94 valence electrons. The first-order chi connectivity index (χ1) is 8.49. The predicted molar refractivity (Wildman–Crippen MR) is 74.5 cm³/mol. The van der Waals surface area contributed by atoms with Crippen LogP contribution in [0.5, 0.6) is 0 Å². The maximum Gasteiger partial charge on any atom is 0.276 e. The lowest BCUT2D eigenvalue weighted by molar-refractivity contribution is 0.101. The number of carbonyl (C=O) groups excluding carboxylic acids is 1. The Morgan fingerprint density at radius 2 is 2.00 bits per heavy atom. The predicted octanol–water partition coefficient (Wildman–Crippen LogP) is 2.33. The van der Waals surface area contributed by atoms with Crippen molar-refractivity contribution in [2.75, 3.05) is 11.1 Å². The highest BCUT2D eigenvalue weighted by atomic mass is 79.9. The lowest BCUT2D eigenvalue weighted by Crippen LogP contribution is -2.17. The number of hydrogen-bond donors (Lipinski definition) is 2. The molecule has 0 bridgehead atoms. The first-order valence-corrected chi connectivity index (χ1v) is 6.14. The number of benzene rings is 1. The van der Waals surface area contributed by atoms with E-state index in [1.165, 1.54) is 4.68 Å². The highest BCUT2D eigenvalue weighted by Crippen LogP contribution is 2.18. The third kappa shape index (κ3) is 2.38. The second kappa shape index (κ2) is 4.81. The van der Waals surface area contributed by atoms with Gasteiger partial charge in [-0.25, -0.2) is 0 Å². The Kier molecular flexibility index (Phi) is 3.38. The van der Waals surface area contributed by atoms with Gasteiger partial charge in [-0.15, -0.1) is 0 Å². The second-order valence-electron chi connectivity index (χ2n) is 3.93. The van der Waals surface area contributed by atoms with Crippen LogP contribution in [0.4, 0.5) is 11.4 Å². The van der Waals surface area contributed by atoms with Gasteiger partial charge < -0.3 is 11.1 Å². The van der Waals surface area contributed by atoms with E-state index in [4.69, 9.17) is 5.73 Å². The van der Waals surface area contributed by atoms with Crippen molar-refractivity contribution >= 4 is 33.2 Å².